The number of hydrogen-bond acceptors (Lipinski definition) is 4. The smallest absolute Gasteiger partial charge is 0.324 e. The van der Waals surface area contributed by atoms with Gasteiger partial charge in [-0.15, -0.1) is 0 Å². The summed E-state index contributed by atoms with van der Waals surface area (Å²) in [5.41, 5.74) is -1.60. The van der Waals surface area contributed by atoms with E-state index < -0.39 is 21.7 Å². The molecule has 0 aliphatic carbocycles. The van der Waals surface area contributed by atoms with Crippen LogP contribution in [0.3, 0.4) is 0 Å². The number of aliphatic carboxylic acids is 1. The Morgan fingerprint density at radius 2 is 1.88 bits per heavy atom. The highest BCUT2D eigenvalue weighted by Crippen LogP contribution is 2.21. The number of rotatable bonds is 6. The minimum absolute atomic E-state index is 0.0657. The Hall–Kier alpha value is -1.17. The van der Waals surface area contributed by atoms with Gasteiger partial charge in [0.05, 0.1) is 6.07 Å². The first-order valence-electron chi connectivity index (χ1n) is 4.89. The molecule has 0 saturated carbocycles. The average Bonchev–Trinajstić information content (AvgIpc) is 2.17. The highest BCUT2D eigenvalue weighted by Gasteiger charge is 2.42. The molecule has 98 valence electrons. The lowest BCUT2D eigenvalue weighted by molar-refractivity contribution is -0.146. The maximum Gasteiger partial charge on any atom is 0.324 e. The van der Waals surface area contributed by atoms with Gasteiger partial charge in [-0.3, -0.25) is 4.79 Å². The van der Waals surface area contributed by atoms with Crippen molar-refractivity contribution in [2.75, 3.05) is 20.6 Å². The Bertz CT molecular complexity index is 422. The minimum atomic E-state index is -3.88. The van der Waals surface area contributed by atoms with E-state index in [2.05, 4.69) is 0 Å². The largest absolute Gasteiger partial charge is 0.480 e. The number of hydrogen-bond donors (Lipinski definition) is 1. The Labute approximate surface area is 101 Å². The summed E-state index contributed by atoms with van der Waals surface area (Å²) in [4.78, 5) is 11.1. The Kier molecular flexibility index (Phi) is 5.07. The molecular formula is C9H17N3O4S. The second kappa shape index (κ2) is 5.44. The molecule has 0 spiro atoms. The van der Waals surface area contributed by atoms with Gasteiger partial charge in [-0.05, 0) is 13.8 Å². The van der Waals surface area contributed by atoms with E-state index in [9.17, 15) is 13.2 Å². The first-order chi connectivity index (χ1) is 7.58. The van der Waals surface area contributed by atoms with E-state index in [0.29, 0.717) is 0 Å². The molecular weight excluding hydrogens is 246 g/mol. The quantitative estimate of drug-likeness (QED) is 0.719. The number of nitriles is 1. The molecule has 0 aromatic carbocycles. The standard InChI is InChI=1S/C9H17N3O4S/c1-9(2,8(13)14)12(7-5-6-10)17(15,16)11(3)4/h5,7H2,1-4H3,(H,13,14). The first kappa shape index (κ1) is 15.8. The van der Waals surface area contributed by atoms with E-state index in [0.717, 1.165) is 8.61 Å². The third-order valence-corrected chi connectivity index (χ3v) is 4.43. The average molecular weight is 263 g/mol. The molecule has 0 fully saturated rings. The molecule has 0 heterocycles. The summed E-state index contributed by atoms with van der Waals surface area (Å²) in [5.74, 6) is -1.26. The topological polar surface area (TPSA) is 102 Å². The third-order valence-electron chi connectivity index (χ3n) is 2.31. The van der Waals surface area contributed by atoms with Crippen LogP contribution in [0.2, 0.25) is 0 Å². The number of nitrogens with zero attached hydrogens (tertiary/aromatic N) is 3. The molecule has 17 heavy (non-hydrogen) atoms. The van der Waals surface area contributed by atoms with E-state index in [-0.39, 0.29) is 13.0 Å². The molecule has 0 atom stereocenters. The Morgan fingerprint density at radius 1 is 1.41 bits per heavy atom. The van der Waals surface area contributed by atoms with Crippen LogP contribution >= 0.6 is 0 Å². The predicted octanol–water partition coefficient (Wildman–Crippen LogP) is -0.128. The maximum absolute atomic E-state index is 12.0. The number of carboxylic acids is 1. The SMILES string of the molecule is CN(C)S(=O)(=O)N(CCC#N)C(C)(C)C(=O)O. The normalized spacial score (nSPS) is 12.8. The van der Waals surface area contributed by atoms with Crippen molar-refractivity contribution in [2.24, 2.45) is 0 Å². The molecule has 0 rings (SSSR count). The molecule has 7 nitrogen and oxygen atoms in total. The highest BCUT2D eigenvalue weighted by molar-refractivity contribution is 7.86. The van der Waals surface area contributed by atoms with Gasteiger partial charge in [0.15, 0.2) is 0 Å². The van der Waals surface area contributed by atoms with Crippen molar-refractivity contribution in [2.45, 2.75) is 25.8 Å². The van der Waals surface area contributed by atoms with Crippen LogP contribution in [0.15, 0.2) is 0 Å². The summed E-state index contributed by atoms with van der Waals surface area (Å²) in [7, 11) is -1.25. The zero-order valence-electron chi connectivity index (χ0n) is 10.3. The van der Waals surface area contributed by atoms with E-state index in [1.807, 2.05) is 0 Å². The van der Waals surface area contributed by atoms with E-state index in [4.69, 9.17) is 10.4 Å². The molecule has 8 heteroatoms. The van der Waals surface area contributed by atoms with Crippen molar-refractivity contribution in [3.8, 4) is 6.07 Å². The van der Waals surface area contributed by atoms with Gasteiger partial charge < -0.3 is 5.11 Å². The van der Waals surface area contributed by atoms with Crippen molar-refractivity contribution < 1.29 is 18.3 Å². The molecule has 1 N–H and O–H groups in total. The zero-order chi connectivity index (χ0) is 13.9. The van der Waals surface area contributed by atoms with Gasteiger partial charge in [-0.2, -0.15) is 22.3 Å². The van der Waals surface area contributed by atoms with Gasteiger partial charge in [0.1, 0.15) is 5.54 Å². The maximum atomic E-state index is 12.0. The Morgan fingerprint density at radius 3 is 2.18 bits per heavy atom. The third kappa shape index (κ3) is 3.39. The van der Waals surface area contributed by atoms with Crippen LogP contribution in [0.5, 0.6) is 0 Å². The van der Waals surface area contributed by atoms with Crippen molar-refractivity contribution >= 4 is 16.2 Å². The van der Waals surface area contributed by atoms with Crippen molar-refractivity contribution in [1.29, 1.82) is 5.26 Å². The molecule has 0 aliphatic rings. The first-order valence-corrected chi connectivity index (χ1v) is 6.28. The molecule has 0 saturated heterocycles. The summed E-state index contributed by atoms with van der Waals surface area (Å²) in [5, 5.41) is 17.5. The zero-order valence-corrected chi connectivity index (χ0v) is 11.2. The molecule has 0 radical (unpaired) electrons. The van der Waals surface area contributed by atoms with Gasteiger partial charge in [0.2, 0.25) is 0 Å². The number of carboxylic acid groups (broad SMARTS) is 1. The van der Waals surface area contributed by atoms with Crippen molar-refractivity contribution in [1.82, 2.24) is 8.61 Å². The molecule has 0 aromatic heterocycles. The predicted molar refractivity (Wildman–Crippen MR) is 61.3 cm³/mol. The second-order valence-corrected chi connectivity index (χ2v) is 6.20. The second-order valence-electron chi connectivity index (χ2n) is 4.13. The summed E-state index contributed by atoms with van der Waals surface area (Å²) < 4.78 is 25.7. The van der Waals surface area contributed by atoms with Gasteiger partial charge in [-0.1, -0.05) is 0 Å². The lowest BCUT2D eigenvalue weighted by atomic mass is 10.1. The summed E-state index contributed by atoms with van der Waals surface area (Å²) in [6.07, 6.45) is -0.0657. The fourth-order valence-corrected chi connectivity index (χ4v) is 2.51. The number of carbonyl (C=O) groups is 1. The Balaban J connectivity index is 5.46. The fourth-order valence-electron chi connectivity index (χ4n) is 1.14. The van der Waals surface area contributed by atoms with Crippen LogP contribution in [-0.2, 0) is 15.0 Å². The van der Waals surface area contributed by atoms with E-state index in [1.54, 1.807) is 6.07 Å². The van der Waals surface area contributed by atoms with E-state index >= 15 is 0 Å². The van der Waals surface area contributed by atoms with Crippen LogP contribution in [-0.4, -0.2) is 54.3 Å². The highest BCUT2D eigenvalue weighted by atomic mass is 32.2. The molecule has 0 unspecified atom stereocenters. The van der Waals surface area contributed by atoms with Crippen molar-refractivity contribution in [3.63, 3.8) is 0 Å². The van der Waals surface area contributed by atoms with Crippen molar-refractivity contribution in [3.05, 3.63) is 0 Å². The molecule has 0 bridgehead atoms. The fraction of sp³-hybridized carbons (Fsp3) is 0.778. The van der Waals surface area contributed by atoms with E-state index in [1.165, 1.54) is 27.9 Å². The lowest BCUT2D eigenvalue weighted by Crippen LogP contribution is -2.56. The summed E-state index contributed by atoms with van der Waals surface area (Å²) in [6.45, 7) is 2.41. The molecule has 0 amide bonds. The van der Waals surface area contributed by atoms with Gasteiger partial charge in [0.25, 0.3) is 10.2 Å². The van der Waals surface area contributed by atoms with Gasteiger partial charge >= 0.3 is 5.97 Å². The van der Waals surface area contributed by atoms with Crippen LogP contribution < -0.4 is 0 Å². The van der Waals surface area contributed by atoms with Gasteiger partial charge in [0, 0.05) is 27.1 Å². The molecule has 0 aliphatic heterocycles. The molecule has 0 aromatic rings. The summed E-state index contributed by atoms with van der Waals surface area (Å²) >= 11 is 0. The monoisotopic (exact) mass is 263 g/mol. The lowest BCUT2D eigenvalue weighted by Gasteiger charge is -2.35. The summed E-state index contributed by atoms with van der Waals surface area (Å²) in [6, 6.07) is 1.80. The minimum Gasteiger partial charge on any atom is -0.480 e. The van der Waals surface area contributed by atoms with Gasteiger partial charge in [-0.25, -0.2) is 0 Å². The van der Waals surface area contributed by atoms with Crippen LogP contribution in [0.4, 0.5) is 0 Å². The van der Waals surface area contributed by atoms with Crippen LogP contribution in [0.25, 0.3) is 0 Å². The van der Waals surface area contributed by atoms with Crippen LogP contribution in [0.1, 0.15) is 20.3 Å². The van der Waals surface area contributed by atoms with Crippen LogP contribution in [0, 0.1) is 11.3 Å².